The molecule has 7 rings (SSSR count). The molecule has 12 heteroatoms. The minimum atomic E-state index is -3.78. The van der Waals surface area contributed by atoms with Gasteiger partial charge >= 0.3 is 13.6 Å². The standard InChI is InChI=1S/C48H50N3O8P/c1-56-47-29-42(25-26-45(47)52)32-51-48(54)50(44(28-37-15-6-2-7-16-37)46(53)33-49(51)30-38-17-8-3-9-18-38)31-41-23-14-24-43(27-41)57-36-60(55,58-34-39-19-10-4-11-20-39)59-35-40-21-12-5-13-22-40/h2-27,29,44,46,52-53H,28,30-36H2,1H3. The summed E-state index contributed by atoms with van der Waals surface area (Å²) in [6.45, 7) is 0.974. The number of benzene rings is 6. The number of urea groups is 1. The van der Waals surface area contributed by atoms with Gasteiger partial charge in [-0.05, 0) is 64.1 Å². The Morgan fingerprint density at radius 2 is 1.18 bits per heavy atom. The lowest BCUT2D eigenvalue weighted by Gasteiger charge is -2.36. The summed E-state index contributed by atoms with van der Waals surface area (Å²) >= 11 is 0. The number of aromatic hydroxyl groups is 1. The van der Waals surface area contributed by atoms with Gasteiger partial charge in [-0.15, -0.1) is 0 Å². The first kappa shape index (κ1) is 42.2. The Bertz CT molecular complexity index is 2270. The van der Waals surface area contributed by atoms with E-state index in [2.05, 4.69) is 0 Å². The molecule has 1 aliphatic heterocycles. The Labute approximate surface area is 351 Å². The average Bonchev–Trinajstić information content (AvgIpc) is 3.36. The van der Waals surface area contributed by atoms with Crippen LogP contribution in [0.4, 0.5) is 4.79 Å². The van der Waals surface area contributed by atoms with Crippen molar-refractivity contribution in [1.29, 1.82) is 0 Å². The van der Waals surface area contributed by atoms with Crippen molar-refractivity contribution in [2.75, 3.05) is 20.0 Å². The number of β-amino-alcohol motifs (C(OH)–C–C–N with tert-alkyl or cyclic N) is 1. The summed E-state index contributed by atoms with van der Waals surface area (Å²) in [6, 6.07) is 49.9. The summed E-state index contributed by atoms with van der Waals surface area (Å²) in [6.07, 6.45) is -0.872. The first-order valence-corrected chi connectivity index (χ1v) is 21.6. The fourth-order valence-corrected chi connectivity index (χ4v) is 8.36. The largest absolute Gasteiger partial charge is 0.504 e. The lowest BCUT2D eigenvalue weighted by atomic mass is 9.99. The maximum Gasteiger partial charge on any atom is 0.368 e. The first-order valence-electron chi connectivity index (χ1n) is 19.9. The van der Waals surface area contributed by atoms with Crippen LogP contribution in [-0.2, 0) is 52.9 Å². The van der Waals surface area contributed by atoms with Crippen LogP contribution < -0.4 is 9.47 Å². The van der Waals surface area contributed by atoms with Crippen molar-refractivity contribution in [3.63, 3.8) is 0 Å². The Kier molecular flexibility index (Phi) is 14.3. The number of ether oxygens (including phenoxy) is 2. The van der Waals surface area contributed by atoms with E-state index in [4.69, 9.17) is 18.5 Å². The maximum atomic E-state index is 15.2. The highest BCUT2D eigenvalue weighted by molar-refractivity contribution is 7.53. The van der Waals surface area contributed by atoms with Crippen LogP contribution in [0.5, 0.6) is 17.2 Å². The molecule has 1 heterocycles. The zero-order chi connectivity index (χ0) is 41.7. The van der Waals surface area contributed by atoms with Gasteiger partial charge in [0, 0.05) is 19.6 Å². The fraction of sp³-hybridized carbons (Fsp3) is 0.229. The van der Waals surface area contributed by atoms with Crippen LogP contribution in [0.1, 0.15) is 33.4 Å². The molecule has 60 heavy (non-hydrogen) atoms. The molecule has 6 aromatic carbocycles. The number of amides is 2. The SMILES string of the molecule is COc1cc(CN2C(=O)N(Cc3cccc(OCP(=O)(OCc4ccccc4)OCc4ccccc4)c3)C(Cc3ccccc3)C(O)CN2Cc2ccccc2)ccc1O. The van der Waals surface area contributed by atoms with Crippen LogP contribution in [0.2, 0.25) is 0 Å². The molecule has 1 aliphatic rings. The van der Waals surface area contributed by atoms with E-state index in [1.807, 2.05) is 138 Å². The van der Waals surface area contributed by atoms with E-state index in [1.165, 1.54) is 7.11 Å². The number of phenols is 1. The number of nitrogens with zero attached hydrogens (tertiary/aromatic N) is 3. The highest BCUT2D eigenvalue weighted by atomic mass is 31.2. The minimum Gasteiger partial charge on any atom is -0.504 e. The van der Waals surface area contributed by atoms with E-state index < -0.39 is 19.7 Å². The number of rotatable bonds is 18. The van der Waals surface area contributed by atoms with Gasteiger partial charge in [-0.2, -0.15) is 0 Å². The fourth-order valence-electron chi connectivity index (χ4n) is 7.14. The van der Waals surface area contributed by atoms with Gasteiger partial charge in [0.2, 0.25) is 0 Å². The summed E-state index contributed by atoms with van der Waals surface area (Å²) in [4.78, 5) is 16.9. The molecule has 0 aromatic heterocycles. The van der Waals surface area contributed by atoms with Crippen LogP contribution in [0.3, 0.4) is 0 Å². The predicted molar refractivity (Wildman–Crippen MR) is 230 cm³/mol. The van der Waals surface area contributed by atoms with Crippen molar-refractivity contribution >= 4 is 13.6 Å². The second-order valence-electron chi connectivity index (χ2n) is 14.7. The maximum absolute atomic E-state index is 15.2. The molecule has 2 unspecified atom stereocenters. The second-order valence-corrected chi connectivity index (χ2v) is 16.7. The first-order chi connectivity index (χ1) is 29.2. The summed E-state index contributed by atoms with van der Waals surface area (Å²) in [5, 5.41) is 26.0. The molecule has 6 aromatic rings. The quantitative estimate of drug-likeness (QED) is 0.0818. The Hall–Kier alpha value is -5.94. The van der Waals surface area contributed by atoms with Gasteiger partial charge in [-0.1, -0.05) is 140 Å². The van der Waals surface area contributed by atoms with Crippen LogP contribution in [0.25, 0.3) is 0 Å². The number of hydrogen-bond acceptors (Lipinski definition) is 9. The van der Waals surface area contributed by atoms with E-state index in [-0.39, 0.29) is 51.0 Å². The zero-order valence-corrected chi connectivity index (χ0v) is 34.4. The molecule has 0 aliphatic carbocycles. The molecule has 0 spiro atoms. The third-order valence-corrected chi connectivity index (χ3v) is 11.8. The van der Waals surface area contributed by atoms with Gasteiger partial charge in [0.05, 0.1) is 39.0 Å². The summed E-state index contributed by atoms with van der Waals surface area (Å²) in [5.41, 5.74) is 5.11. The Morgan fingerprint density at radius 3 is 1.78 bits per heavy atom. The van der Waals surface area contributed by atoms with Crippen LogP contribution in [0, 0.1) is 0 Å². The molecular formula is C48H50N3O8P. The molecule has 1 fully saturated rings. The van der Waals surface area contributed by atoms with Crippen LogP contribution in [0.15, 0.2) is 164 Å². The number of aliphatic hydroxyl groups excluding tert-OH is 1. The average molecular weight is 828 g/mol. The lowest BCUT2D eigenvalue weighted by molar-refractivity contribution is -0.0213. The molecule has 0 saturated carbocycles. The molecule has 0 radical (unpaired) electrons. The molecular weight excluding hydrogens is 778 g/mol. The predicted octanol–water partition coefficient (Wildman–Crippen LogP) is 9.19. The molecule has 1 saturated heterocycles. The molecule has 310 valence electrons. The lowest BCUT2D eigenvalue weighted by Crippen LogP contribution is -2.51. The molecule has 2 atom stereocenters. The summed E-state index contributed by atoms with van der Waals surface area (Å²) < 4.78 is 37.7. The number of hydrazine groups is 1. The highest BCUT2D eigenvalue weighted by Crippen LogP contribution is 2.50. The molecule has 11 nitrogen and oxygen atoms in total. The van der Waals surface area contributed by atoms with Crippen molar-refractivity contribution in [2.24, 2.45) is 0 Å². The van der Waals surface area contributed by atoms with E-state index >= 15 is 4.79 Å². The third kappa shape index (κ3) is 11.4. The van der Waals surface area contributed by atoms with E-state index in [1.54, 1.807) is 40.2 Å². The number of carbonyl (C=O) groups excluding carboxylic acids is 1. The smallest absolute Gasteiger partial charge is 0.368 e. The topological polar surface area (TPSA) is 121 Å². The van der Waals surface area contributed by atoms with Crippen molar-refractivity contribution in [2.45, 2.75) is 51.4 Å². The minimum absolute atomic E-state index is 0.00599. The number of aliphatic hydroxyl groups is 1. The second kappa shape index (κ2) is 20.4. The van der Waals surface area contributed by atoms with Gasteiger partial charge in [-0.3, -0.25) is 9.57 Å². The number of hydrogen-bond donors (Lipinski definition) is 2. The van der Waals surface area contributed by atoms with Gasteiger partial charge < -0.3 is 33.6 Å². The van der Waals surface area contributed by atoms with Crippen molar-refractivity contribution in [3.05, 3.63) is 197 Å². The summed E-state index contributed by atoms with van der Waals surface area (Å²) in [7, 11) is -2.30. The van der Waals surface area contributed by atoms with Gasteiger partial charge in [0.1, 0.15) is 5.75 Å². The zero-order valence-electron chi connectivity index (χ0n) is 33.5. The summed E-state index contributed by atoms with van der Waals surface area (Å²) in [5.74, 6) is 0.703. The van der Waals surface area contributed by atoms with Crippen LogP contribution >= 0.6 is 7.60 Å². The Balaban J connectivity index is 1.17. The van der Waals surface area contributed by atoms with E-state index in [9.17, 15) is 14.8 Å². The van der Waals surface area contributed by atoms with E-state index in [0.29, 0.717) is 24.5 Å². The van der Waals surface area contributed by atoms with E-state index in [0.717, 1.165) is 33.4 Å². The normalized spacial score (nSPS) is 16.1. The van der Waals surface area contributed by atoms with Crippen LogP contribution in [-0.4, -0.2) is 63.3 Å². The number of methoxy groups -OCH3 is 1. The highest BCUT2D eigenvalue weighted by Gasteiger charge is 2.40. The molecule has 0 bridgehead atoms. The Morgan fingerprint density at radius 1 is 0.633 bits per heavy atom. The van der Waals surface area contributed by atoms with Gasteiger partial charge in [0.25, 0.3) is 0 Å². The van der Waals surface area contributed by atoms with Crippen molar-refractivity contribution in [3.8, 4) is 17.2 Å². The van der Waals surface area contributed by atoms with Crippen molar-refractivity contribution < 1.29 is 38.1 Å². The third-order valence-electron chi connectivity index (χ3n) is 10.3. The molecule has 2 N–H and O–H groups in total. The van der Waals surface area contributed by atoms with Crippen molar-refractivity contribution in [1.82, 2.24) is 14.9 Å². The van der Waals surface area contributed by atoms with Gasteiger partial charge in [-0.25, -0.2) is 9.80 Å². The molecule has 2 amide bonds. The van der Waals surface area contributed by atoms with Gasteiger partial charge in [0.15, 0.2) is 17.8 Å². The number of phenolic OH excluding ortho intramolecular Hbond substituents is 1. The monoisotopic (exact) mass is 827 g/mol. The number of carbonyl (C=O) groups is 1.